The van der Waals surface area contributed by atoms with Gasteiger partial charge in [0, 0.05) is 18.9 Å². The van der Waals surface area contributed by atoms with E-state index in [0.717, 1.165) is 5.69 Å². The van der Waals surface area contributed by atoms with Crippen LogP contribution in [0.25, 0.3) is 5.69 Å². The van der Waals surface area contributed by atoms with Gasteiger partial charge in [-0.1, -0.05) is 5.21 Å². The fourth-order valence-corrected chi connectivity index (χ4v) is 1.93. The summed E-state index contributed by atoms with van der Waals surface area (Å²) in [5.74, 6) is 0. The van der Waals surface area contributed by atoms with Crippen molar-refractivity contribution >= 4 is 11.7 Å². The van der Waals surface area contributed by atoms with Gasteiger partial charge in [0.2, 0.25) is 0 Å². The lowest BCUT2D eigenvalue weighted by Crippen LogP contribution is -2.37. The van der Waals surface area contributed by atoms with Crippen molar-refractivity contribution in [1.82, 2.24) is 20.3 Å². The Bertz CT molecular complexity index is 580. The maximum Gasteiger partial charge on any atom is 0.319 e. The molecule has 2 amide bonds. The number of aromatic nitrogens is 3. The van der Waals surface area contributed by atoms with E-state index in [0.29, 0.717) is 18.9 Å². The first-order valence-corrected chi connectivity index (χ1v) is 7.47. The van der Waals surface area contributed by atoms with E-state index in [2.05, 4.69) is 20.9 Å². The average molecular weight is 319 g/mol. The van der Waals surface area contributed by atoms with Crippen molar-refractivity contribution in [3.05, 3.63) is 36.7 Å². The number of nitrogens with zero attached hydrogens (tertiary/aromatic N) is 3. The number of anilines is 1. The number of benzene rings is 1. The van der Waals surface area contributed by atoms with Gasteiger partial charge in [-0.05, 0) is 38.1 Å². The second-order valence-corrected chi connectivity index (χ2v) is 4.57. The third-order valence-electron chi connectivity index (χ3n) is 2.95. The minimum absolute atomic E-state index is 0.282. The zero-order chi connectivity index (χ0) is 16.5. The van der Waals surface area contributed by atoms with Gasteiger partial charge in [-0.3, -0.25) is 0 Å². The molecular weight excluding hydrogens is 298 g/mol. The third-order valence-corrected chi connectivity index (χ3v) is 2.95. The molecule has 0 aliphatic carbocycles. The van der Waals surface area contributed by atoms with Gasteiger partial charge in [0.25, 0.3) is 0 Å². The minimum atomic E-state index is -0.439. The van der Waals surface area contributed by atoms with Crippen LogP contribution < -0.4 is 10.6 Å². The van der Waals surface area contributed by atoms with Crippen LogP contribution in [0.2, 0.25) is 0 Å². The molecule has 0 radical (unpaired) electrons. The zero-order valence-electron chi connectivity index (χ0n) is 13.2. The Kier molecular flexibility index (Phi) is 6.52. The molecule has 0 saturated carbocycles. The van der Waals surface area contributed by atoms with Crippen LogP contribution in [0.1, 0.15) is 13.8 Å². The van der Waals surface area contributed by atoms with Crippen LogP contribution in [0, 0.1) is 0 Å². The number of hydrogen-bond acceptors (Lipinski definition) is 5. The highest BCUT2D eigenvalue weighted by Crippen LogP contribution is 2.12. The molecule has 124 valence electrons. The molecule has 0 aliphatic heterocycles. The molecule has 23 heavy (non-hydrogen) atoms. The molecule has 1 aromatic carbocycles. The lowest BCUT2D eigenvalue weighted by molar-refractivity contribution is -0.131. The van der Waals surface area contributed by atoms with Crippen molar-refractivity contribution in [2.75, 3.05) is 25.1 Å². The minimum Gasteiger partial charge on any atom is -0.351 e. The molecule has 0 fully saturated rings. The lowest BCUT2D eigenvalue weighted by atomic mass is 10.3. The highest BCUT2D eigenvalue weighted by Gasteiger charge is 2.10. The predicted octanol–water partition coefficient (Wildman–Crippen LogP) is 1.79. The number of carbonyl (C=O) groups is 1. The van der Waals surface area contributed by atoms with Gasteiger partial charge in [-0.2, -0.15) is 0 Å². The molecule has 0 bridgehead atoms. The van der Waals surface area contributed by atoms with E-state index in [1.807, 2.05) is 26.0 Å². The Labute approximate surface area is 134 Å². The fourth-order valence-electron chi connectivity index (χ4n) is 1.93. The maximum absolute atomic E-state index is 11.9. The molecule has 0 aliphatic rings. The smallest absolute Gasteiger partial charge is 0.319 e. The van der Waals surface area contributed by atoms with Crippen molar-refractivity contribution in [2.45, 2.75) is 20.1 Å². The molecule has 2 rings (SSSR count). The van der Waals surface area contributed by atoms with Crippen LogP contribution in [0.3, 0.4) is 0 Å². The highest BCUT2D eigenvalue weighted by atomic mass is 16.7. The SMILES string of the molecule is CCOC(CNC(=O)Nc1ccc(-n2ccnn2)cc1)OCC. The summed E-state index contributed by atoms with van der Waals surface area (Å²) in [5, 5.41) is 13.1. The summed E-state index contributed by atoms with van der Waals surface area (Å²) in [7, 11) is 0. The Morgan fingerprint density at radius 3 is 2.48 bits per heavy atom. The molecule has 0 atom stereocenters. The first kappa shape index (κ1) is 16.9. The van der Waals surface area contributed by atoms with Gasteiger partial charge in [-0.15, -0.1) is 5.10 Å². The van der Waals surface area contributed by atoms with E-state index in [1.54, 1.807) is 29.2 Å². The van der Waals surface area contributed by atoms with Crippen LogP contribution in [0.15, 0.2) is 36.7 Å². The molecule has 1 aromatic heterocycles. The van der Waals surface area contributed by atoms with Crippen molar-refractivity contribution in [3.63, 3.8) is 0 Å². The number of nitrogens with one attached hydrogen (secondary N) is 2. The highest BCUT2D eigenvalue weighted by molar-refractivity contribution is 5.89. The molecule has 2 N–H and O–H groups in total. The van der Waals surface area contributed by atoms with Crippen molar-refractivity contribution in [3.8, 4) is 5.69 Å². The summed E-state index contributed by atoms with van der Waals surface area (Å²) in [6, 6.07) is 6.95. The molecule has 2 aromatic rings. The average Bonchev–Trinajstić information content (AvgIpc) is 3.08. The molecule has 8 nitrogen and oxygen atoms in total. The van der Waals surface area contributed by atoms with Crippen LogP contribution in [-0.2, 0) is 9.47 Å². The largest absolute Gasteiger partial charge is 0.351 e. The second kappa shape index (κ2) is 8.86. The number of hydrogen-bond donors (Lipinski definition) is 2. The standard InChI is InChI=1S/C15H21N5O3/c1-3-22-14(23-4-2)11-16-15(21)18-12-5-7-13(8-6-12)20-10-9-17-19-20/h5-10,14H,3-4,11H2,1-2H3,(H2,16,18,21). The van der Waals surface area contributed by atoms with E-state index >= 15 is 0 Å². The summed E-state index contributed by atoms with van der Waals surface area (Å²) in [5.41, 5.74) is 1.54. The van der Waals surface area contributed by atoms with Gasteiger partial charge >= 0.3 is 6.03 Å². The normalized spacial score (nSPS) is 10.7. The summed E-state index contributed by atoms with van der Waals surface area (Å²) in [6.07, 6.45) is 2.91. The van der Waals surface area contributed by atoms with Gasteiger partial charge in [0.05, 0.1) is 24.6 Å². The Morgan fingerprint density at radius 1 is 1.22 bits per heavy atom. The molecule has 1 heterocycles. The Morgan fingerprint density at radius 2 is 1.91 bits per heavy atom. The predicted molar refractivity (Wildman–Crippen MR) is 85.4 cm³/mol. The van der Waals surface area contributed by atoms with Crippen LogP contribution in [-0.4, -0.2) is 47.1 Å². The lowest BCUT2D eigenvalue weighted by Gasteiger charge is -2.17. The number of rotatable bonds is 8. The van der Waals surface area contributed by atoms with Crippen LogP contribution in [0.4, 0.5) is 10.5 Å². The number of carbonyl (C=O) groups excluding carboxylic acids is 1. The monoisotopic (exact) mass is 319 g/mol. The summed E-state index contributed by atoms with van der Waals surface area (Å²) >= 11 is 0. The van der Waals surface area contributed by atoms with Gasteiger partial charge in [-0.25, -0.2) is 9.48 Å². The van der Waals surface area contributed by atoms with E-state index < -0.39 is 6.29 Å². The summed E-state index contributed by atoms with van der Waals surface area (Å²) in [6.45, 7) is 5.09. The molecule has 0 unspecified atom stereocenters. The zero-order valence-corrected chi connectivity index (χ0v) is 13.2. The number of urea groups is 1. The maximum atomic E-state index is 11.9. The first-order valence-electron chi connectivity index (χ1n) is 7.47. The number of ether oxygens (including phenoxy) is 2. The van der Waals surface area contributed by atoms with Crippen LogP contribution in [0.5, 0.6) is 0 Å². The first-order chi connectivity index (χ1) is 11.2. The third kappa shape index (κ3) is 5.35. The van der Waals surface area contributed by atoms with Crippen LogP contribution >= 0.6 is 0 Å². The van der Waals surface area contributed by atoms with Crippen molar-refractivity contribution < 1.29 is 14.3 Å². The Balaban J connectivity index is 1.83. The van der Waals surface area contributed by atoms with E-state index in [9.17, 15) is 4.79 Å². The van der Waals surface area contributed by atoms with E-state index in [1.165, 1.54) is 0 Å². The molecular formula is C15H21N5O3. The van der Waals surface area contributed by atoms with Gasteiger partial charge in [0.15, 0.2) is 6.29 Å². The van der Waals surface area contributed by atoms with Gasteiger partial charge < -0.3 is 20.1 Å². The quantitative estimate of drug-likeness (QED) is 0.724. The number of amides is 2. The second-order valence-electron chi connectivity index (χ2n) is 4.57. The van der Waals surface area contributed by atoms with Crippen molar-refractivity contribution in [2.24, 2.45) is 0 Å². The van der Waals surface area contributed by atoms with Gasteiger partial charge in [0.1, 0.15) is 0 Å². The van der Waals surface area contributed by atoms with E-state index in [4.69, 9.17) is 9.47 Å². The summed E-state index contributed by atoms with van der Waals surface area (Å²) < 4.78 is 12.4. The fraction of sp³-hybridized carbons (Fsp3) is 0.400. The molecule has 0 spiro atoms. The van der Waals surface area contributed by atoms with Crippen molar-refractivity contribution in [1.29, 1.82) is 0 Å². The van der Waals surface area contributed by atoms with E-state index in [-0.39, 0.29) is 12.6 Å². The topological polar surface area (TPSA) is 90.3 Å². The Hall–Kier alpha value is -2.45. The summed E-state index contributed by atoms with van der Waals surface area (Å²) in [4.78, 5) is 11.9. The molecule has 8 heteroatoms. The molecule has 0 saturated heterocycles.